The molecule has 1 saturated heterocycles. The van der Waals surface area contributed by atoms with Gasteiger partial charge in [-0.15, -0.1) is 0 Å². The van der Waals surface area contributed by atoms with Crippen molar-refractivity contribution in [2.75, 3.05) is 13.1 Å². The molecule has 1 fully saturated rings. The van der Waals surface area contributed by atoms with E-state index in [1.807, 2.05) is 23.1 Å². The average Bonchev–Trinajstić information content (AvgIpc) is 2.77. The van der Waals surface area contributed by atoms with Crippen LogP contribution in [0.15, 0.2) is 30.3 Å². The third-order valence-corrected chi connectivity index (χ3v) is 3.43. The Morgan fingerprint density at radius 1 is 1.47 bits per heavy atom. The van der Waals surface area contributed by atoms with Crippen LogP contribution in [0.1, 0.15) is 31.2 Å². The summed E-state index contributed by atoms with van der Waals surface area (Å²) in [5, 5.41) is 0. The lowest BCUT2D eigenvalue weighted by molar-refractivity contribution is -0.130. The Morgan fingerprint density at radius 2 is 2.18 bits per heavy atom. The van der Waals surface area contributed by atoms with E-state index in [9.17, 15) is 4.79 Å². The van der Waals surface area contributed by atoms with Gasteiger partial charge in [0.15, 0.2) is 0 Å². The first-order valence-corrected chi connectivity index (χ1v) is 6.25. The van der Waals surface area contributed by atoms with E-state index in [-0.39, 0.29) is 17.9 Å². The number of hydrogen-bond donors (Lipinski definition) is 1. The molecule has 1 aromatic carbocycles. The second kappa shape index (κ2) is 5.32. The second-order valence-corrected chi connectivity index (χ2v) is 4.90. The number of nitrogens with zero attached hydrogens (tertiary/aromatic N) is 1. The summed E-state index contributed by atoms with van der Waals surface area (Å²) in [4.78, 5) is 13.9. The van der Waals surface area contributed by atoms with Crippen LogP contribution in [-0.2, 0) is 4.79 Å². The molecule has 0 unspecified atom stereocenters. The van der Waals surface area contributed by atoms with E-state index >= 15 is 0 Å². The summed E-state index contributed by atoms with van der Waals surface area (Å²) in [6.45, 7) is 3.64. The first-order valence-electron chi connectivity index (χ1n) is 6.25. The zero-order valence-corrected chi connectivity index (χ0v) is 10.3. The summed E-state index contributed by atoms with van der Waals surface area (Å²) in [5.74, 6) is 0.509. The lowest BCUT2D eigenvalue weighted by atomic mass is 9.97. The number of nitrogens with two attached hydrogens (primary N) is 1. The van der Waals surface area contributed by atoms with Crippen molar-refractivity contribution in [2.24, 2.45) is 5.73 Å². The van der Waals surface area contributed by atoms with Gasteiger partial charge < -0.3 is 10.6 Å². The van der Waals surface area contributed by atoms with Crippen molar-refractivity contribution in [1.29, 1.82) is 0 Å². The van der Waals surface area contributed by atoms with Crippen molar-refractivity contribution in [2.45, 2.75) is 31.7 Å². The SMILES string of the molecule is C[C@H](CC(=O)N1CC[C@@H](N)C1)c1ccccc1. The topological polar surface area (TPSA) is 46.3 Å². The van der Waals surface area contributed by atoms with Crippen molar-refractivity contribution >= 4 is 5.91 Å². The first kappa shape index (κ1) is 12.1. The number of benzene rings is 1. The molecule has 1 aliphatic heterocycles. The Morgan fingerprint density at radius 3 is 2.76 bits per heavy atom. The molecule has 0 aliphatic carbocycles. The third-order valence-electron chi connectivity index (χ3n) is 3.43. The molecule has 17 heavy (non-hydrogen) atoms. The van der Waals surface area contributed by atoms with Crippen molar-refractivity contribution in [3.63, 3.8) is 0 Å². The van der Waals surface area contributed by atoms with Gasteiger partial charge in [0, 0.05) is 25.6 Å². The highest BCUT2D eigenvalue weighted by molar-refractivity contribution is 5.77. The monoisotopic (exact) mass is 232 g/mol. The summed E-state index contributed by atoms with van der Waals surface area (Å²) in [5.41, 5.74) is 7.04. The number of likely N-dealkylation sites (tertiary alicyclic amines) is 1. The number of rotatable bonds is 3. The number of amides is 1. The molecule has 0 aromatic heterocycles. The fraction of sp³-hybridized carbons (Fsp3) is 0.500. The summed E-state index contributed by atoms with van der Waals surface area (Å²) >= 11 is 0. The number of carbonyl (C=O) groups excluding carboxylic acids is 1. The molecular formula is C14H20N2O. The van der Waals surface area contributed by atoms with Gasteiger partial charge in [-0.05, 0) is 17.9 Å². The molecule has 2 rings (SSSR count). The van der Waals surface area contributed by atoms with Gasteiger partial charge in [0.1, 0.15) is 0 Å². The molecule has 3 nitrogen and oxygen atoms in total. The molecule has 0 saturated carbocycles. The normalized spacial score (nSPS) is 21.5. The molecule has 1 aliphatic rings. The molecule has 92 valence electrons. The van der Waals surface area contributed by atoms with Crippen LogP contribution in [0.4, 0.5) is 0 Å². The van der Waals surface area contributed by atoms with E-state index in [4.69, 9.17) is 5.73 Å². The maximum absolute atomic E-state index is 12.0. The van der Waals surface area contributed by atoms with Crippen LogP contribution in [0.3, 0.4) is 0 Å². The van der Waals surface area contributed by atoms with Crippen molar-refractivity contribution in [1.82, 2.24) is 4.90 Å². The van der Waals surface area contributed by atoms with Crippen LogP contribution in [0.5, 0.6) is 0 Å². The van der Waals surface area contributed by atoms with Crippen molar-refractivity contribution < 1.29 is 4.79 Å². The van der Waals surface area contributed by atoms with E-state index in [1.54, 1.807) is 0 Å². The molecular weight excluding hydrogens is 212 g/mol. The average molecular weight is 232 g/mol. The van der Waals surface area contributed by atoms with E-state index in [2.05, 4.69) is 19.1 Å². The van der Waals surface area contributed by atoms with E-state index in [1.165, 1.54) is 5.56 Å². The maximum Gasteiger partial charge on any atom is 0.223 e. The zero-order valence-electron chi connectivity index (χ0n) is 10.3. The summed E-state index contributed by atoms with van der Waals surface area (Å²) in [6.07, 6.45) is 1.52. The van der Waals surface area contributed by atoms with Crippen LogP contribution in [0, 0.1) is 0 Å². The fourth-order valence-electron chi connectivity index (χ4n) is 2.30. The van der Waals surface area contributed by atoms with Gasteiger partial charge in [-0.3, -0.25) is 4.79 Å². The zero-order chi connectivity index (χ0) is 12.3. The largest absolute Gasteiger partial charge is 0.341 e. The van der Waals surface area contributed by atoms with E-state index in [0.717, 1.165) is 19.5 Å². The minimum absolute atomic E-state index is 0.172. The van der Waals surface area contributed by atoms with Gasteiger partial charge in [-0.1, -0.05) is 37.3 Å². The molecule has 0 radical (unpaired) electrons. The molecule has 0 bridgehead atoms. The van der Waals surface area contributed by atoms with Crippen LogP contribution in [0.25, 0.3) is 0 Å². The predicted molar refractivity (Wildman–Crippen MR) is 68.6 cm³/mol. The first-order chi connectivity index (χ1) is 8.16. The van der Waals surface area contributed by atoms with Gasteiger partial charge in [0.05, 0.1) is 0 Å². The minimum atomic E-state index is 0.172. The Bertz CT molecular complexity index is 377. The Kier molecular flexibility index (Phi) is 3.79. The lowest BCUT2D eigenvalue weighted by Crippen LogP contribution is -2.32. The second-order valence-electron chi connectivity index (χ2n) is 4.90. The standard InChI is InChI=1S/C14H20N2O/c1-11(12-5-3-2-4-6-12)9-14(17)16-8-7-13(15)10-16/h2-6,11,13H,7-10,15H2,1H3/t11-,13-/m1/s1. The minimum Gasteiger partial charge on any atom is -0.341 e. The van der Waals surface area contributed by atoms with Crippen LogP contribution >= 0.6 is 0 Å². The molecule has 1 heterocycles. The molecule has 2 atom stereocenters. The van der Waals surface area contributed by atoms with Gasteiger partial charge in [0.2, 0.25) is 5.91 Å². The molecule has 1 amide bonds. The smallest absolute Gasteiger partial charge is 0.223 e. The molecule has 0 spiro atoms. The quantitative estimate of drug-likeness (QED) is 0.863. The van der Waals surface area contributed by atoms with E-state index in [0.29, 0.717) is 6.42 Å². The van der Waals surface area contributed by atoms with Crippen molar-refractivity contribution in [3.8, 4) is 0 Å². The van der Waals surface area contributed by atoms with E-state index < -0.39 is 0 Å². The molecule has 2 N–H and O–H groups in total. The highest BCUT2D eigenvalue weighted by atomic mass is 16.2. The third kappa shape index (κ3) is 3.07. The summed E-state index contributed by atoms with van der Waals surface area (Å²) in [6, 6.07) is 10.4. The van der Waals surface area contributed by atoms with Crippen LogP contribution in [-0.4, -0.2) is 29.9 Å². The van der Waals surface area contributed by atoms with Gasteiger partial charge in [0.25, 0.3) is 0 Å². The highest BCUT2D eigenvalue weighted by Crippen LogP contribution is 2.20. The van der Waals surface area contributed by atoms with Crippen LogP contribution in [0.2, 0.25) is 0 Å². The predicted octanol–water partition coefficient (Wildman–Crippen LogP) is 1.74. The summed E-state index contributed by atoms with van der Waals surface area (Å²) < 4.78 is 0. The summed E-state index contributed by atoms with van der Waals surface area (Å²) in [7, 11) is 0. The lowest BCUT2D eigenvalue weighted by Gasteiger charge is -2.18. The van der Waals surface area contributed by atoms with Gasteiger partial charge in [-0.25, -0.2) is 0 Å². The fourth-order valence-corrected chi connectivity index (χ4v) is 2.30. The van der Waals surface area contributed by atoms with Crippen molar-refractivity contribution in [3.05, 3.63) is 35.9 Å². The van der Waals surface area contributed by atoms with Gasteiger partial charge in [-0.2, -0.15) is 0 Å². The highest BCUT2D eigenvalue weighted by Gasteiger charge is 2.24. The number of hydrogen-bond acceptors (Lipinski definition) is 2. The molecule has 1 aromatic rings. The Hall–Kier alpha value is -1.35. The maximum atomic E-state index is 12.0. The Labute approximate surface area is 103 Å². The number of carbonyl (C=O) groups is 1. The van der Waals surface area contributed by atoms with Gasteiger partial charge >= 0.3 is 0 Å². The molecule has 3 heteroatoms. The Balaban J connectivity index is 1.91. The van der Waals surface area contributed by atoms with Crippen LogP contribution < -0.4 is 5.73 Å².